The lowest BCUT2D eigenvalue weighted by Crippen LogP contribution is -2.38. The van der Waals surface area contributed by atoms with Gasteiger partial charge in [-0.3, -0.25) is 4.55 Å². The third-order valence-electron chi connectivity index (χ3n) is 4.37. The van der Waals surface area contributed by atoms with Crippen LogP contribution >= 0.6 is 46.4 Å². The van der Waals surface area contributed by atoms with Crippen molar-refractivity contribution in [2.45, 2.75) is 4.75 Å². The molecule has 0 radical (unpaired) electrons. The number of hydrogen-bond donors (Lipinski definition) is 3. The van der Waals surface area contributed by atoms with E-state index < -0.39 is 42.0 Å². The Morgan fingerprint density at radius 3 is 1.62 bits per heavy atom. The second-order valence-electron chi connectivity index (χ2n) is 6.09. The van der Waals surface area contributed by atoms with Gasteiger partial charge in [0.15, 0.2) is 4.75 Å². The van der Waals surface area contributed by atoms with E-state index in [0.717, 1.165) is 6.07 Å². The lowest BCUT2D eigenvalue weighted by molar-refractivity contribution is 0.431. The van der Waals surface area contributed by atoms with E-state index in [4.69, 9.17) is 46.4 Å². The fraction of sp³-hybridized carbons (Fsp3) is 0.0526. The van der Waals surface area contributed by atoms with Gasteiger partial charge in [-0.15, -0.1) is 0 Å². The van der Waals surface area contributed by atoms with Gasteiger partial charge in [0.2, 0.25) is 0 Å². The maximum atomic E-state index is 13.0. The van der Waals surface area contributed by atoms with Gasteiger partial charge in [0, 0.05) is 21.7 Å². The minimum atomic E-state index is -5.10. The van der Waals surface area contributed by atoms with Crippen LogP contribution in [0.3, 0.4) is 0 Å². The number of hydrogen-bond acceptors (Lipinski definition) is 4. The predicted octanol–water partition coefficient (Wildman–Crippen LogP) is 5.89. The zero-order chi connectivity index (χ0) is 21.6. The van der Waals surface area contributed by atoms with E-state index in [1.54, 1.807) is 0 Å². The summed E-state index contributed by atoms with van der Waals surface area (Å²) < 4.78 is 34.0. The molecule has 0 saturated carbocycles. The van der Waals surface area contributed by atoms with Gasteiger partial charge in [0.05, 0.1) is 5.02 Å². The highest BCUT2D eigenvalue weighted by atomic mass is 35.5. The first-order valence-corrected chi connectivity index (χ1v) is 10.8. The minimum absolute atomic E-state index is 0.0336. The molecule has 0 aliphatic carbocycles. The van der Waals surface area contributed by atoms with Crippen LogP contribution in [0.25, 0.3) is 0 Å². The third kappa shape index (κ3) is 3.65. The molecule has 0 spiro atoms. The van der Waals surface area contributed by atoms with Crippen molar-refractivity contribution in [1.82, 2.24) is 0 Å². The summed E-state index contributed by atoms with van der Waals surface area (Å²) in [4.78, 5) is 0. The summed E-state index contributed by atoms with van der Waals surface area (Å²) in [5, 5.41) is 19.9. The molecule has 0 aliphatic heterocycles. The van der Waals surface area contributed by atoms with Gasteiger partial charge in [0.1, 0.15) is 16.5 Å². The van der Waals surface area contributed by atoms with Gasteiger partial charge in [-0.2, -0.15) is 8.42 Å². The maximum Gasteiger partial charge on any atom is 0.283 e. The monoisotopic (exact) mass is 492 g/mol. The molecule has 3 rings (SSSR count). The molecule has 0 fully saturated rings. The fourth-order valence-corrected chi connectivity index (χ4v) is 5.47. The highest BCUT2D eigenvalue weighted by Gasteiger charge is 2.52. The first-order valence-electron chi connectivity index (χ1n) is 7.89. The van der Waals surface area contributed by atoms with Crippen LogP contribution < -0.4 is 0 Å². The SMILES string of the molecule is O=S(=O)(O)C(c1cccc(Cl)c1)(c1cccc(Cl)c1)c1c(O)cc(O)c(Cl)c1Cl. The van der Waals surface area contributed by atoms with Crippen LogP contribution in [-0.2, 0) is 14.9 Å². The quantitative estimate of drug-likeness (QED) is 0.311. The van der Waals surface area contributed by atoms with Crippen LogP contribution in [0.5, 0.6) is 11.5 Å². The van der Waals surface area contributed by atoms with Gasteiger partial charge in [-0.05, 0) is 35.4 Å². The second-order valence-corrected chi connectivity index (χ2v) is 9.29. The summed E-state index contributed by atoms with van der Waals surface area (Å²) in [5.74, 6) is -1.28. The topological polar surface area (TPSA) is 94.8 Å². The van der Waals surface area contributed by atoms with Gasteiger partial charge in [0.25, 0.3) is 10.1 Å². The van der Waals surface area contributed by atoms with Crippen LogP contribution in [-0.4, -0.2) is 23.2 Å². The fourth-order valence-electron chi connectivity index (χ4n) is 3.23. The molecule has 0 atom stereocenters. The van der Waals surface area contributed by atoms with Crippen molar-refractivity contribution in [1.29, 1.82) is 0 Å². The van der Waals surface area contributed by atoms with Gasteiger partial charge >= 0.3 is 0 Å². The Balaban J connectivity index is 2.64. The minimum Gasteiger partial charge on any atom is -0.507 e. The molecule has 0 bridgehead atoms. The summed E-state index contributed by atoms with van der Waals surface area (Å²) in [6.45, 7) is 0. The number of phenolic OH excluding ortho intramolecular Hbond substituents is 2. The second kappa shape index (κ2) is 7.87. The lowest BCUT2D eigenvalue weighted by Gasteiger charge is -2.34. The number of phenols is 2. The molecular formula is C19H12Cl4O5S. The Morgan fingerprint density at radius 2 is 1.21 bits per heavy atom. The van der Waals surface area contributed by atoms with Crippen molar-refractivity contribution in [3.8, 4) is 11.5 Å². The van der Waals surface area contributed by atoms with Crippen LogP contribution in [0.15, 0.2) is 54.6 Å². The Kier molecular flexibility index (Phi) is 5.98. The average Bonchev–Trinajstić information content (AvgIpc) is 2.62. The Hall–Kier alpha value is -1.67. The van der Waals surface area contributed by atoms with E-state index in [-0.39, 0.29) is 21.2 Å². The molecule has 0 amide bonds. The molecule has 3 aromatic rings. The molecule has 29 heavy (non-hydrogen) atoms. The zero-order valence-electron chi connectivity index (χ0n) is 14.3. The van der Waals surface area contributed by atoms with E-state index in [2.05, 4.69) is 0 Å². The van der Waals surface area contributed by atoms with E-state index >= 15 is 0 Å². The molecule has 152 valence electrons. The Morgan fingerprint density at radius 1 is 0.724 bits per heavy atom. The smallest absolute Gasteiger partial charge is 0.283 e. The first kappa shape index (κ1) is 22.0. The summed E-state index contributed by atoms with van der Waals surface area (Å²) in [6, 6.07) is 12.1. The molecule has 10 heteroatoms. The van der Waals surface area contributed by atoms with E-state index in [9.17, 15) is 23.2 Å². The van der Waals surface area contributed by atoms with Gasteiger partial charge < -0.3 is 10.2 Å². The summed E-state index contributed by atoms with van der Waals surface area (Å²) in [5.41, 5.74) is -0.531. The molecular weight excluding hydrogens is 482 g/mol. The molecule has 3 N–H and O–H groups in total. The number of halogens is 4. The maximum absolute atomic E-state index is 13.0. The normalized spacial score (nSPS) is 12.2. The van der Waals surface area contributed by atoms with Crippen molar-refractivity contribution in [3.05, 3.63) is 91.4 Å². The molecule has 0 saturated heterocycles. The number of benzene rings is 3. The highest BCUT2D eigenvalue weighted by Crippen LogP contribution is 2.53. The third-order valence-corrected chi connectivity index (χ3v) is 7.14. The summed E-state index contributed by atoms with van der Waals surface area (Å²) in [6.07, 6.45) is 0. The Bertz CT molecular complexity index is 1170. The number of aromatic hydroxyl groups is 2. The van der Waals surface area contributed by atoms with E-state index in [0.29, 0.717) is 0 Å². The molecule has 5 nitrogen and oxygen atoms in total. The predicted molar refractivity (Wildman–Crippen MR) is 114 cm³/mol. The largest absolute Gasteiger partial charge is 0.507 e. The first-order chi connectivity index (χ1) is 13.5. The molecule has 3 aromatic carbocycles. The molecule has 0 unspecified atom stereocenters. The van der Waals surface area contributed by atoms with Crippen LogP contribution in [0.2, 0.25) is 20.1 Å². The number of rotatable bonds is 4. The van der Waals surface area contributed by atoms with E-state index in [1.165, 1.54) is 48.5 Å². The molecule has 0 heterocycles. The lowest BCUT2D eigenvalue weighted by atomic mass is 9.83. The highest BCUT2D eigenvalue weighted by molar-refractivity contribution is 7.87. The molecule has 0 aliphatic rings. The summed E-state index contributed by atoms with van der Waals surface area (Å²) >= 11 is 24.5. The van der Waals surface area contributed by atoms with Crippen LogP contribution in [0, 0.1) is 0 Å². The van der Waals surface area contributed by atoms with Gasteiger partial charge in [-0.1, -0.05) is 70.7 Å². The van der Waals surface area contributed by atoms with Crippen molar-refractivity contribution >= 4 is 56.5 Å². The summed E-state index contributed by atoms with van der Waals surface area (Å²) in [7, 11) is -5.10. The van der Waals surface area contributed by atoms with Crippen molar-refractivity contribution in [3.63, 3.8) is 0 Å². The average molecular weight is 494 g/mol. The van der Waals surface area contributed by atoms with Crippen molar-refractivity contribution in [2.75, 3.05) is 0 Å². The van der Waals surface area contributed by atoms with Gasteiger partial charge in [-0.25, -0.2) is 0 Å². The van der Waals surface area contributed by atoms with E-state index in [1.807, 2.05) is 0 Å². The van der Waals surface area contributed by atoms with Crippen molar-refractivity contribution in [2.24, 2.45) is 0 Å². The Labute approximate surface area is 186 Å². The van der Waals surface area contributed by atoms with Crippen LogP contribution in [0.1, 0.15) is 16.7 Å². The standard InChI is InChI=1S/C19H12Cl4O5S/c20-12-5-1-3-10(7-12)19(29(26,27)28,11-4-2-6-13(21)8-11)16-14(24)9-15(25)17(22)18(16)23/h1-9,24-25H,(H,26,27,28). The van der Waals surface area contributed by atoms with Crippen molar-refractivity contribution < 1.29 is 23.2 Å². The van der Waals surface area contributed by atoms with Crippen LogP contribution in [0.4, 0.5) is 0 Å². The molecule has 0 aromatic heterocycles. The zero-order valence-corrected chi connectivity index (χ0v) is 18.1.